The van der Waals surface area contributed by atoms with Crippen molar-refractivity contribution in [2.24, 2.45) is 12.8 Å². The van der Waals surface area contributed by atoms with E-state index in [0.29, 0.717) is 0 Å². The maximum atomic E-state index is 6.25. The Labute approximate surface area is 123 Å². The van der Waals surface area contributed by atoms with Crippen molar-refractivity contribution in [2.75, 3.05) is 20.0 Å². The van der Waals surface area contributed by atoms with Crippen molar-refractivity contribution in [3.8, 4) is 11.5 Å². The lowest BCUT2D eigenvalue weighted by molar-refractivity contribution is 0.389. The summed E-state index contributed by atoms with van der Waals surface area (Å²) in [4.78, 5) is 1.11. The Balaban J connectivity index is 2.06. The molecule has 0 spiro atoms. The molecule has 0 saturated carbocycles. The van der Waals surface area contributed by atoms with Gasteiger partial charge in [0, 0.05) is 41.6 Å². The average Bonchev–Trinajstić information content (AvgIpc) is 2.89. The van der Waals surface area contributed by atoms with E-state index >= 15 is 0 Å². The number of hydrogen-bond donors (Lipinski definition) is 1. The molecule has 0 aliphatic heterocycles. The SMILES string of the molecule is COc1ccc(C(N)CSc2cnn(C)c2)c(OC)c1. The second-order valence-corrected chi connectivity index (χ2v) is 5.47. The van der Waals surface area contributed by atoms with Gasteiger partial charge in [0.15, 0.2) is 0 Å². The first kappa shape index (κ1) is 14.7. The van der Waals surface area contributed by atoms with Crippen molar-refractivity contribution in [2.45, 2.75) is 10.9 Å². The minimum atomic E-state index is -0.110. The van der Waals surface area contributed by atoms with Gasteiger partial charge < -0.3 is 15.2 Å². The largest absolute Gasteiger partial charge is 0.497 e. The number of nitrogens with zero attached hydrogens (tertiary/aromatic N) is 2. The fraction of sp³-hybridized carbons (Fsp3) is 0.357. The minimum absolute atomic E-state index is 0.110. The molecular formula is C14H19N3O2S. The number of benzene rings is 1. The molecule has 5 nitrogen and oxygen atoms in total. The van der Waals surface area contributed by atoms with Crippen LogP contribution in [0.4, 0.5) is 0 Å². The molecule has 0 saturated heterocycles. The Morgan fingerprint density at radius 1 is 1.35 bits per heavy atom. The average molecular weight is 293 g/mol. The van der Waals surface area contributed by atoms with E-state index < -0.39 is 0 Å². The fourth-order valence-electron chi connectivity index (χ4n) is 1.87. The van der Waals surface area contributed by atoms with Crippen LogP contribution in [0.3, 0.4) is 0 Å². The number of methoxy groups -OCH3 is 2. The van der Waals surface area contributed by atoms with Crippen LogP contribution in [0.25, 0.3) is 0 Å². The molecule has 20 heavy (non-hydrogen) atoms. The van der Waals surface area contributed by atoms with Crippen LogP contribution < -0.4 is 15.2 Å². The van der Waals surface area contributed by atoms with Crippen molar-refractivity contribution in [1.29, 1.82) is 0 Å². The summed E-state index contributed by atoms with van der Waals surface area (Å²) in [7, 11) is 5.17. The Bertz CT molecular complexity index is 571. The Kier molecular flexibility index (Phi) is 4.92. The van der Waals surface area contributed by atoms with E-state index in [1.807, 2.05) is 37.6 Å². The second kappa shape index (κ2) is 6.67. The molecule has 6 heteroatoms. The quantitative estimate of drug-likeness (QED) is 0.828. The highest BCUT2D eigenvalue weighted by Gasteiger charge is 2.13. The maximum absolute atomic E-state index is 6.25. The summed E-state index contributed by atoms with van der Waals surface area (Å²) in [6.45, 7) is 0. The normalized spacial score (nSPS) is 12.2. The molecule has 2 N–H and O–H groups in total. The van der Waals surface area contributed by atoms with Crippen molar-refractivity contribution >= 4 is 11.8 Å². The monoisotopic (exact) mass is 293 g/mol. The molecule has 1 aromatic heterocycles. The van der Waals surface area contributed by atoms with Gasteiger partial charge in [-0.3, -0.25) is 4.68 Å². The van der Waals surface area contributed by atoms with Crippen LogP contribution in [-0.4, -0.2) is 29.8 Å². The molecule has 0 amide bonds. The summed E-state index contributed by atoms with van der Waals surface area (Å²) in [5, 5.41) is 4.14. The van der Waals surface area contributed by atoms with E-state index in [0.717, 1.165) is 27.7 Å². The van der Waals surface area contributed by atoms with E-state index in [-0.39, 0.29) is 6.04 Å². The summed E-state index contributed by atoms with van der Waals surface area (Å²) in [6, 6.07) is 5.59. The molecule has 0 fully saturated rings. The molecule has 2 rings (SSSR count). The van der Waals surface area contributed by atoms with Crippen LogP contribution in [-0.2, 0) is 7.05 Å². The van der Waals surface area contributed by atoms with Crippen LogP contribution in [0.15, 0.2) is 35.5 Å². The second-order valence-electron chi connectivity index (χ2n) is 4.38. The first-order chi connectivity index (χ1) is 9.63. The molecule has 1 unspecified atom stereocenters. The lowest BCUT2D eigenvalue weighted by Gasteiger charge is -2.16. The van der Waals surface area contributed by atoms with E-state index in [2.05, 4.69) is 5.10 Å². The van der Waals surface area contributed by atoms with Gasteiger partial charge in [-0.1, -0.05) is 6.07 Å². The molecular weight excluding hydrogens is 274 g/mol. The Hall–Kier alpha value is -1.66. The van der Waals surface area contributed by atoms with E-state index in [9.17, 15) is 0 Å². The number of nitrogens with two attached hydrogens (primary N) is 1. The third-order valence-electron chi connectivity index (χ3n) is 2.95. The summed E-state index contributed by atoms with van der Waals surface area (Å²) in [5.74, 6) is 2.27. The zero-order valence-corrected chi connectivity index (χ0v) is 12.7. The molecule has 0 aliphatic rings. The summed E-state index contributed by atoms with van der Waals surface area (Å²) in [6.07, 6.45) is 3.81. The number of thioether (sulfide) groups is 1. The van der Waals surface area contributed by atoms with Crippen LogP contribution in [0.5, 0.6) is 11.5 Å². The highest BCUT2D eigenvalue weighted by molar-refractivity contribution is 7.99. The van der Waals surface area contributed by atoms with E-state index in [1.165, 1.54) is 0 Å². The van der Waals surface area contributed by atoms with Gasteiger partial charge in [-0.25, -0.2) is 0 Å². The first-order valence-electron chi connectivity index (χ1n) is 6.23. The molecule has 1 heterocycles. The molecule has 108 valence electrons. The van der Waals surface area contributed by atoms with Gasteiger partial charge in [-0.15, -0.1) is 11.8 Å². The zero-order valence-electron chi connectivity index (χ0n) is 11.9. The third kappa shape index (κ3) is 3.46. The molecule has 2 aromatic rings. The topological polar surface area (TPSA) is 62.3 Å². The van der Waals surface area contributed by atoms with Gasteiger partial charge in [-0.05, 0) is 6.07 Å². The van der Waals surface area contributed by atoms with Gasteiger partial charge in [0.2, 0.25) is 0 Å². The van der Waals surface area contributed by atoms with Crippen LogP contribution in [0.2, 0.25) is 0 Å². The Morgan fingerprint density at radius 3 is 2.75 bits per heavy atom. The van der Waals surface area contributed by atoms with Crippen LogP contribution in [0, 0.1) is 0 Å². The fourth-order valence-corrected chi connectivity index (χ4v) is 2.77. The zero-order chi connectivity index (χ0) is 14.5. The van der Waals surface area contributed by atoms with Gasteiger partial charge in [0.1, 0.15) is 11.5 Å². The molecule has 1 aromatic carbocycles. The number of hydrogen-bond acceptors (Lipinski definition) is 5. The van der Waals surface area contributed by atoms with Crippen molar-refractivity contribution in [3.05, 3.63) is 36.2 Å². The molecule has 0 bridgehead atoms. The third-order valence-corrected chi connectivity index (χ3v) is 4.02. The highest BCUT2D eigenvalue weighted by atomic mass is 32.2. The van der Waals surface area contributed by atoms with Crippen LogP contribution >= 0.6 is 11.8 Å². The van der Waals surface area contributed by atoms with Crippen molar-refractivity contribution in [1.82, 2.24) is 9.78 Å². The number of rotatable bonds is 6. The Morgan fingerprint density at radius 2 is 2.15 bits per heavy atom. The minimum Gasteiger partial charge on any atom is -0.497 e. The molecule has 0 aliphatic carbocycles. The van der Waals surface area contributed by atoms with Gasteiger partial charge in [-0.2, -0.15) is 5.10 Å². The predicted molar refractivity (Wildman–Crippen MR) is 80.4 cm³/mol. The first-order valence-corrected chi connectivity index (χ1v) is 7.21. The smallest absolute Gasteiger partial charge is 0.127 e. The number of aryl methyl sites for hydroxylation is 1. The lowest BCUT2D eigenvalue weighted by Crippen LogP contribution is -2.14. The van der Waals surface area contributed by atoms with E-state index in [4.69, 9.17) is 15.2 Å². The maximum Gasteiger partial charge on any atom is 0.127 e. The lowest BCUT2D eigenvalue weighted by atomic mass is 10.1. The van der Waals surface area contributed by atoms with Crippen molar-refractivity contribution < 1.29 is 9.47 Å². The van der Waals surface area contributed by atoms with Gasteiger partial charge in [0.05, 0.1) is 20.4 Å². The summed E-state index contributed by atoms with van der Waals surface area (Å²) in [5.41, 5.74) is 7.23. The van der Waals surface area contributed by atoms with Crippen LogP contribution in [0.1, 0.15) is 11.6 Å². The van der Waals surface area contributed by atoms with E-state index in [1.54, 1.807) is 30.7 Å². The summed E-state index contributed by atoms with van der Waals surface area (Å²) >= 11 is 1.68. The van der Waals surface area contributed by atoms with Gasteiger partial charge >= 0.3 is 0 Å². The molecule has 1 atom stereocenters. The number of aromatic nitrogens is 2. The molecule has 0 radical (unpaired) electrons. The number of ether oxygens (including phenoxy) is 2. The standard InChI is InChI=1S/C14H19N3O2S/c1-17-8-11(7-16-17)20-9-13(15)12-5-4-10(18-2)6-14(12)19-3/h4-8,13H,9,15H2,1-3H3. The highest BCUT2D eigenvalue weighted by Crippen LogP contribution is 2.31. The summed E-state index contributed by atoms with van der Waals surface area (Å²) < 4.78 is 12.3. The van der Waals surface area contributed by atoms with Crippen molar-refractivity contribution in [3.63, 3.8) is 0 Å². The van der Waals surface area contributed by atoms with Gasteiger partial charge in [0.25, 0.3) is 0 Å². The predicted octanol–water partition coefficient (Wildman–Crippen LogP) is 2.23.